The smallest absolute Gasteiger partial charge is 0.0704 e. The molecular formula is C12H10N. The normalized spacial score (nSPS) is 9.92. The SMILES string of the molecule is [CH2]c1ccccc1-c1ccccn1. The summed E-state index contributed by atoms with van der Waals surface area (Å²) >= 11 is 0. The Balaban J connectivity index is 2.54. The van der Waals surface area contributed by atoms with Crippen molar-refractivity contribution in [3.05, 3.63) is 61.1 Å². The van der Waals surface area contributed by atoms with Crippen LogP contribution in [0.15, 0.2) is 48.7 Å². The highest BCUT2D eigenvalue weighted by atomic mass is 14.7. The highest BCUT2D eigenvalue weighted by Gasteiger charge is 1.99. The lowest BCUT2D eigenvalue weighted by Gasteiger charge is -2.02. The van der Waals surface area contributed by atoms with Gasteiger partial charge in [-0.1, -0.05) is 30.3 Å². The van der Waals surface area contributed by atoms with Crippen LogP contribution in [0.5, 0.6) is 0 Å². The van der Waals surface area contributed by atoms with Gasteiger partial charge in [0.1, 0.15) is 0 Å². The second kappa shape index (κ2) is 3.40. The fourth-order valence-electron chi connectivity index (χ4n) is 1.29. The Morgan fingerprint density at radius 1 is 0.923 bits per heavy atom. The predicted molar refractivity (Wildman–Crippen MR) is 54.1 cm³/mol. The monoisotopic (exact) mass is 168 g/mol. The van der Waals surface area contributed by atoms with Crippen molar-refractivity contribution in [1.82, 2.24) is 4.98 Å². The van der Waals surface area contributed by atoms with Crippen LogP contribution in [0.2, 0.25) is 0 Å². The molecule has 1 aromatic carbocycles. The average molecular weight is 168 g/mol. The van der Waals surface area contributed by atoms with E-state index in [4.69, 9.17) is 0 Å². The molecule has 2 aromatic rings. The Kier molecular flexibility index (Phi) is 2.09. The van der Waals surface area contributed by atoms with E-state index in [0.29, 0.717) is 0 Å². The Morgan fingerprint density at radius 2 is 1.69 bits per heavy atom. The molecule has 0 atom stereocenters. The van der Waals surface area contributed by atoms with E-state index in [0.717, 1.165) is 16.8 Å². The molecule has 1 aromatic heterocycles. The fourth-order valence-corrected chi connectivity index (χ4v) is 1.29. The van der Waals surface area contributed by atoms with Gasteiger partial charge in [0.25, 0.3) is 0 Å². The average Bonchev–Trinajstić information content (AvgIpc) is 2.20. The Hall–Kier alpha value is -1.63. The van der Waals surface area contributed by atoms with Gasteiger partial charge in [-0.25, -0.2) is 0 Å². The molecular weight excluding hydrogens is 158 g/mol. The minimum Gasteiger partial charge on any atom is -0.256 e. The lowest BCUT2D eigenvalue weighted by atomic mass is 10.1. The van der Waals surface area contributed by atoms with E-state index in [2.05, 4.69) is 11.9 Å². The largest absolute Gasteiger partial charge is 0.256 e. The summed E-state index contributed by atoms with van der Waals surface area (Å²) in [6.45, 7) is 3.96. The zero-order chi connectivity index (χ0) is 9.10. The number of hydrogen-bond donors (Lipinski definition) is 0. The lowest BCUT2D eigenvalue weighted by molar-refractivity contribution is 1.32. The van der Waals surface area contributed by atoms with Crippen LogP contribution in [0, 0.1) is 6.92 Å². The molecule has 0 fully saturated rings. The molecule has 1 radical (unpaired) electrons. The van der Waals surface area contributed by atoms with Crippen molar-refractivity contribution in [2.45, 2.75) is 0 Å². The highest BCUT2D eigenvalue weighted by Crippen LogP contribution is 2.19. The van der Waals surface area contributed by atoms with Gasteiger partial charge in [0.05, 0.1) is 5.69 Å². The molecule has 0 unspecified atom stereocenters. The molecule has 0 aliphatic rings. The topological polar surface area (TPSA) is 12.9 Å². The van der Waals surface area contributed by atoms with Gasteiger partial charge in [0.15, 0.2) is 0 Å². The molecule has 0 N–H and O–H groups in total. The highest BCUT2D eigenvalue weighted by molar-refractivity contribution is 5.64. The summed E-state index contributed by atoms with van der Waals surface area (Å²) in [6, 6.07) is 13.9. The molecule has 0 spiro atoms. The summed E-state index contributed by atoms with van der Waals surface area (Å²) in [5.41, 5.74) is 3.09. The number of aromatic nitrogens is 1. The summed E-state index contributed by atoms with van der Waals surface area (Å²) in [6.07, 6.45) is 1.79. The molecule has 63 valence electrons. The van der Waals surface area contributed by atoms with Gasteiger partial charge in [-0.2, -0.15) is 0 Å². The maximum absolute atomic E-state index is 4.27. The van der Waals surface area contributed by atoms with Gasteiger partial charge in [-0.15, -0.1) is 0 Å². The molecule has 1 heteroatoms. The molecule has 0 saturated heterocycles. The van der Waals surface area contributed by atoms with Gasteiger partial charge in [-0.05, 0) is 24.6 Å². The van der Waals surface area contributed by atoms with Crippen molar-refractivity contribution < 1.29 is 0 Å². The van der Waals surface area contributed by atoms with Crippen molar-refractivity contribution in [3.63, 3.8) is 0 Å². The first-order valence-electron chi connectivity index (χ1n) is 4.20. The number of benzene rings is 1. The van der Waals surface area contributed by atoms with Crippen LogP contribution in [-0.2, 0) is 0 Å². The Labute approximate surface area is 78.1 Å². The van der Waals surface area contributed by atoms with Crippen LogP contribution in [0.3, 0.4) is 0 Å². The zero-order valence-electron chi connectivity index (χ0n) is 7.27. The summed E-state index contributed by atoms with van der Waals surface area (Å²) in [4.78, 5) is 4.27. The molecule has 0 amide bonds. The summed E-state index contributed by atoms with van der Waals surface area (Å²) in [7, 11) is 0. The van der Waals surface area contributed by atoms with E-state index in [1.54, 1.807) is 6.20 Å². The van der Waals surface area contributed by atoms with Crippen LogP contribution in [0.4, 0.5) is 0 Å². The van der Waals surface area contributed by atoms with Gasteiger partial charge in [0, 0.05) is 11.8 Å². The number of rotatable bonds is 1. The molecule has 13 heavy (non-hydrogen) atoms. The van der Waals surface area contributed by atoms with E-state index in [-0.39, 0.29) is 0 Å². The standard InChI is InChI=1S/C12H10N/c1-10-6-2-3-7-11(10)12-8-4-5-9-13-12/h2-9H,1H2. The molecule has 0 bridgehead atoms. The number of nitrogens with zero attached hydrogens (tertiary/aromatic N) is 1. The molecule has 0 aliphatic carbocycles. The summed E-state index contributed by atoms with van der Waals surface area (Å²) in [5, 5.41) is 0. The van der Waals surface area contributed by atoms with Gasteiger partial charge in [0.2, 0.25) is 0 Å². The molecule has 1 nitrogen and oxygen atoms in total. The predicted octanol–water partition coefficient (Wildman–Crippen LogP) is 2.93. The van der Waals surface area contributed by atoms with E-state index in [1.807, 2.05) is 42.5 Å². The third-order valence-corrected chi connectivity index (χ3v) is 1.96. The first-order chi connectivity index (χ1) is 6.38. The van der Waals surface area contributed by atoms with Gasteiger partial charge < -0.3 is 0 Å². The lowest BCUT2D eigenvalue weighted by Crippen LogP contribution is -1.84. The van der Waals surface area contributed by atoms with Gasteiger partial charge >= 0.3 is 0 Å². The first kappa shape index (κ1) is 7.99. The van der Waals surface area contributed by atoms with Crippen molar-refractivity contribution in [2.24, 2.45) is 0 Å². The summed E-state index contributed by atoms with van der Waals surface area (Å²) in [5.74, 6) is 0. The first-order valence-corrected chi connectivity index (χ1v) is 4.20. The fraction of sp³-hybridized carbons (Fsp3) is 0. The molecule has 0 saturated carbocycles. The van der Waals surface area contributed by atoms with Crippen LogP contribution in [-0.4, -0.2) is 4.98 Å². The third-order valence-electron chi connectivity index (χ3n) is 1.96. The van der Waals surface area contributed by atoms with E-state index in [9.17, 15) is 0 Å². The van der Waals surface area contributed by atoms with Crippen molar-refractivity contribution in [1.29, 1.82) is 0 Å². The Bertz CT molecular complexity index is 393. The van der Waals surface area contributed by atoms with Crippen LogP contribution in [0.25, 0.3) is 11.3 Å². The second-order valence-corrected chi connectivity index (χ2v) is 2.87. The van der Waals surface area contributed by atoms with E-state index >= 15 is 0 Å². The molecule has 2 rings (SSSR count). The maximum atomic E-state index is 4.27. The maximum Gasteiger partial charge on any atom is 0.0704 e. The molecule has 0 aliphatic heterocycles. The van der Waals surface area contributed by atoms with Crippen molar-refractivity contribution >= 4 is 0 Å². The zero-order valence-corrected chi connectivity index (χ0v) is 7.27. The van der Waals surface area contributed by atoms with Crippen LogP contribution < -0.4 is 0 Å². The molecule has 1 heterocycles. The summed E-state index contributed by atoms with van der Waals surface area (Å²) < 4.78 is 0. The van der Waals surface area contributed by atoms with Crippen LogP contribution >= 0.6 is 0 Å². The minimum atomic E-state index is 0.980. The van der Waals surface area contributed by atoms with E-state index < -0.39 is 0 Å². The second-order valence-electron chi connectivity index (χ2n) is 2.87. The quantitative estimate of drug-likeness (QED) is 0.638. The van der Waals surface area contributed by atoms with Crippen molar-refractivity contribution in [2.75, 3.05) is 0 Å². The number of hydrogen-bond acceptors (Lipinski definition) is 1. The van der Waals surface area contributed by atoms with E-state index in [1.165, 1.54) is 0 Å². The minimum absolute atomic E-state index is 0.980. The number of pyridine rings is 1. The Morgan fingerprint density at radius 3 is 2.38 bits per heavy atom. The third kappa shape index (κ3) is 1.59. The van der Waals surface area contributed by atoms with Gasteiger partial charge in [-0.3, -0.25) is 4.98 Å². The van der Waals surface area contributed by atoms with Crippen LogP contribution in [0.1, 0.15) is 5.56 Å². The van der Waals surface area contributed by atoms with Crippen molar-refractivity contribution in [3.8, 4) is 11.3 Å².